The number of aryl methyl sites for hydroxylation is 1. The summed E-state index contributed by atoms with van der Waals surface area (Å²) in [4.78, 5) is 13.7. The lowest BCUT2D eigenvalue weighted by Gasteiger charge is -2.18. The summed E-state index contributed by atoms with van der Waals surface area (Å²) in [5.74, 6) is 3.06. The number of rotatable bonds is 6. The van der Waals surface area contributed by atoms with Crippen molar-refractivity contribution in [3.8, 4) is 23.0 Å². The first-order valence-corrected chi connectivity index (χ1v) is 14.4. The Labute approximate surface area is 245 Å². The molecule has 2 aromatic rings. The summed E-state index contributed by atoms with van der Waals surface area (Å²) in [6, 6.07) is 8.16. The van der Waals surface area contributed by atoms with Crippen LogP contribution in [-0.2, 0) is 11.2 Å². The molecule has 1 aliphatic carbocycles. The summed E-state index contributed by atoms with van der Waals surface area (Å²) in [7, 11) is 0. The second kappa shape index (κ2) is 13.9. The van der Waals surface area contributed by atoms with Gasteiger partial charge in [-0.15, -0.1) is 12.4 Å². The van der Waals surface area contributed by atoms with Crippen LogP contribution in [0.25, 0.3) is 16.7 Å². The fourth-order valence-corrected chi connectivity index (χ4v) is 5.73. The topological polar surface area (TPSA) is 54.0 Å². The third-order valence-electron chi connectivity index (χ3n) is 7.91. The van der Waals surface area contributed by atoms with Gasteiger partial charge in [0, 0.05) is 16.7 Å². The molecule has 0 aromatic heterocycles. The van der Waals surface area contributed by atoms with Crippen LogP contribution >= 0.6 is 12.4 Å². The molecule has 0 saturated heterocycles. The predicted molar refractivity (Wildman–Crippen MR) is 165 cm³/mol. The molecule has 0 fully saturated rings. The molecule has 1 atom stereocenters. The van der Waals surface area contributed by atoms with Crippen LogP contribution in [-0.4, -0.2) is 19.4 Å². The van der Waals surface area contributed by atoms with Crippen LogP contribution in [0.15, 0.2) is 43.0 Å². The number of hydrogen-bond donors (Lipinski definition) is 0. The van der Waals surface area contributed by atoms with Gasteiger partial charge in [-0.25, -0.2) is 0 Å². The van der Waals surface area contributed by atoms with Gasteiger partial charge in [-0.3, -0.25) is 4.79 Å². The van der Waals surface area contributed by atoms with Gasteiger partial charge in [-0.2, -0.15) is 0 Å². The van der Waals surface area contributed by atoms with E-state index >= 15 is 0 Å². The van der Waals surface area contributed by atoms with Crippen molar-refractivity contribution in [2.24, 2.45) is 5.92 Å². The standard InChI is InChI=1S/C32H36O5.C2H6.ClH/c1-6-10-22(7-2)31(33)21(5)24-12-9-8-11-23-15-28-29(36-17-35-28)16-26(23)20(4)19(3)25-13-14-27-32(30(24)25)37-18-34-27;1-2;/h13-16,22H,4-12,17-18H2,1-3H3;1-2H3;1H/b25-19-,30-24-;;. The van der Waals surface area contributed by atoms with Crippen molar-refractivity contribution in [2.75, 3.05) is 13.6 Å². The van der Waals surface area contributed by atoms with Crippen LogP contribution in [0.1, 0.15) is 84.3 Å². The number of Topliss-reactive ketones (excluding diaryl/α,β-unsaturated/α-hetero) is 1. The summed E-state index contributed by atoms with van der Waals surface area (Å²) in [6.45, 7) is 19.6. The number of halogens is 1. The number of ketones is 1. The summed E-state index contributed by atoms with van der Waals surface area (Å²) >= 11 is 0. The molecule has 0 N–H and O–H groups in total. The highest BCUT2D eigenvalue weighted by Crippen LogP contribution is 2.39. The highest BCUT2D eigenvalue weighted by atomic mass is 35.5. The van der Waals surface area contributed by atoms with Crippen LogP contribution in [0.3, 0.4) is 0 Å². The molecule has 2 aliphatic heterocycles. The minimum Gasteiger partial charge on any atom is -0.454 e. The number of allylic oxidation sites excluding steroid dienone is 2. The summed E-state index contributed by atoms with van der Waals surface area (Å²) in [5, 5.41) is 1.91. The zero-order valence-corrected chi connectivity index (χ0v) is 25.4. The van der Waals surface area contributed by atoms with Crippen molar-refractivity contribution in [3.63, 3.8) is 0 Å². The minimum atomic E-state index is -0.0211. The lowest BCUT2D eigenvalue weighted by molar-refractivity contribution is -0.119. The first kappa shape index (κ1) is 31.3. The maximum absolute atomic E-state index is 13.7. The van der Waals surface area contributed by atoms with Gasteiger partial charge < -0.3 is 18.9 Å². The fraction of sp³-hybridized carbons (Fsp3) is 0.441. The maximum Gasteiger partial charge on any atom is 0.231 e. The Balaban J connectivity index is 0.00000144. The van der Waals surface area contributed by atoms with E-state index in [1.807, 2.05) is 19.9 Å². The molecule has 0 spiro atoms. The molecule has 3 aliphatic rings. The highest BCUT2D eigenvalue weighted by molar-refractivity contribution is 6.08. The third-order valence-corrected chi connectivity index (χ3v) is 7.91. The van der Waals surface area contributed by atoms with Crippen LogP contribution < -0.4 is 29.4 Å². The van der Waals surface area contributed by atoms with Crippen LogP contribution in [0, 0.1) is 5.92 Å². The van der Waals surface area contributed by atoms with Gasteiger partial charge in [0.15, 0.2) is 28.8 Å². The van der Waals surface area contributed by atoms with Crippen molar-refractivity contribution < 1.29 is 23.7 Å². The van der Waals surface area contributed by atoms with Crippen molar-refractivity contribution in [1.29, 1.82) is 0 Å². The Morgan fingerprint density at radius 2 is 1.60 bits per heavy atom. The van der Waals surface area contributed by atoms with E-state index in [1.54, 1.807) is 0 Å². The molecule has 0 amide bonds. The normalized spacial score (nSPS) is 18.7. The van der Waals surface area contributed by atoms with E-state index in [0.717, 1.165) is 89.2 Å². The van der Waals surface area contributed by atoms with Gasteiger partial charge in [0.05, 0.1) is 0 Å². The molecular weight excluding hydrogens is 524 g/mol. The molecule has 2 aromatic carbocycles. The zero-order valence-electron chi connectivity index (χ0n) is 24.6. The van der Waals surface area contributed by atoms with Gasteiger partial charge in [-0.1, -0.05) is 53.3 Å². The maximum atomic E-state index is 13.7. The number of carbonyl (C=O) groups is 1. The van der Waals surface area contributed by atoms with Crippen LogP contribution in [0.2, 0.25) is 0 Å². The minimum absolute atomic E-state index is 0. The zero-order chi connectivity index (χ0) is 28.1. The second-order valence-electron chi connectivity index (χ2n) is 10.1. The van der Waals surface area contributed by atoms with Crippen molar-refractivity contribution >= 4 is 34.9 Å². The van der Waals surface area contributed by atoms with E-state index in [2.05, 4.69) is 52.1 Å². The number of ether oxygens (including phenoxy) is 4. The molecule has 0 saturated carbocycles. The average molecular weight is 567 g/mol. The summed E-state index contributed by atoms with van der Waals surface area (Å²) < 4.78 is 23.2. The lowest BCUT2D eigenvalue weighted by Crippen LogP contribution is -2.32. The Morgan fingerprint density at radius 3 is 2.30 bits per heavy atom. The SMILES string of the molecule is C=C(C(=O)C(CC)CCC)/C1=c2\c3c(cc\c2=C(/C)C(=C)c2cc4c(cc2CCCC1)OCO4)OCO3.CC.Cl. The van der Waals surface area contributed by atoms with Crippen molar-refractivity contribution in [2.45, 2.75) is 79.6 Å². The Hall–Kier alpha value is -3.18. The second-order valence-corrected chi connectivity index (χ2v) is 10.1. The molecule has 216 valence electrons. The quantitative estimate of drug-likeness (QED) is 0.343. The van der Waals surface area contributed by atoms with Crippen molar-refractivity contribution in [3.05, 3.63) is 64.6 Å². The molecule has 0 bridgehead atoms. The van der Waals surface area contributed by atoms with Gasteiger partial charge in [0.1, 0.15) is 0 Å². The predicted octanol–water partition coefficient (Wildman–Crippen LogP) is 7.30. The Bertz CT molecular complexity index is 1400. The van der Waals surface area contributed by atoms with Crippen molar-refractivity contribution in [1.82, 2.24) is 0 Å². The van der Waals surface area contributed by atoms with Crippen LogP contribution in [0.5, 0.6) is 23.0 Å². The number of hydrogen-bond acceptors (Lipinski definition) is 5. The Kier molecular flexibility index (Phi) is 10.9. The molecular formula is C34H43ClO5. The summed E-state index contributed by atoms with van der Waals surface area (Å²) in [5.41, 5.74) is 5.77. The molecule has 0 radical (unpaired) electrons. The number of carbonyl (C=O) groups excluding carboxylic acids is 1. The number of fused-ring (bicyclic) bond motifs is 5. The average Bonchev–Trinajstić information content (AvgIpc) is 3.63. The van der Waals surface area contributed by atoms with Crippen LogP contribution in [0.4, 0.5) is 0 Å². The molecule has 5 rings (SSSR count). The monoisotopic (exact) mass is 566 g/mol. The first-order valence-electron chi connectivity index (χ1n) is 14.4. The third kappa shape index (κ3) is 5.95. The molecule has 2 heterocycles. The van der Waals surface area contributed by atoms with Gasteiger partial charge in [0.25, 0.3) is 0 Å². The lowest BCUT2D eigenvalue weighted by atomic mass is 9.85. The van der Waals surface area contributed by atoms with Gasteiger partial charge in [0.2, 0.25) is 13.6 Å². The molecule has 40 heavy (non-hydrogen) atoms. The number of benzene rings is 2. The van der Waals surface area contributed by atoms with E-state index in [4.69, 9.17) is 18.9 Å². The largest absolute Gasteiger partial charge is 0.454 e. The highest BCUT2D eigenvalue weighted by Gasteiger charge is 2.26. The van der Waals surface area contributed by atoms with E-state index < -0.39 is 0 Å². The first-order chi connectivity index (χ1) is 18.9. The molecule has 5 nitrogen and oxygen atoms in total. The summed E-state index contributed by atoms with van der Waals surface area (Å²) in [6.07, 6.45) is 6.14. The van der Waals surface area contributed by atoms with E-state index in [1.165, 1.54) is 5.56 Å². The van der Waals surface area contributed by atoms with E-state index in [0.29, 0.717) is 17.1 Å². The Morgan fingerprint density at radius 1 is 0.950 bits per heavy atom. The van der Waals surface area contributed by atoms with E-state index in [-0.39, 0.29) is 37.7 Å². The van der Waals surface area contributed by atoms with Gasteiger partial charge >= 0.3 is 0 Å². The molecule has 6 heteroatoms. The fourth-order valence-electron chi connectivity index (χ4n) is 5.73. The molecule has 1 unspecified atom stereocenters. The van der Waals surface area contributed by atoms with E-state index in [9.17, 15) is 4.79 Å². The van der Waals surface area contributed by atoms with Gasteiger partial charge in [-0.05, 0) is 96.7 Å². The smallest absolute Gasteiger partial charge is 0.231 e.